The maximum Gasteiger partial charge on any atom is 0.234 e. The summed E-state index contributed by atoms with van der Waals surface area (Å²) in [5, 5.41) is 4.55. The van der Waals surface area contributed by atoms with Gasteiger partial charge < -0.3 is 10.1 Å². The highest BCUT2D eigenvalue weighted by Crippen LogP contribution is 2.31. The van der Waals surface area contributed by atoms with E-state index in [2.05, 4.69) is 10.3 Å². The predicted molar refractivity (Wildman–Crippen MR) is 84.2 cm³/mol. The number of benzene rings is 1. The lowest BCUT2D eigenvalue weighted by Gasteiger charge is -2.11. The molecule has 1 N–H and O–H groups in total. The molecule has 0 atom stereocenters. The average molecular weight is 332 g/mol. The third-order valence-electron chi connectivity index (χ3n) is 2.51. The Bertz CT molecular complexity index is 605. The van der Waals surface area contributed by atoms with Crippen LogP contribution >= 0.6 is 34.8 Å². The number of anilines is 1. The normalized spacial score (nSPS) is 10.4. The van der Waals surface area contributed by atoms with Gasteiger partial charge in [0.05, 0.1) is 5.02 Å². The van der Waals surface area contributed by atoms with Crippen molar-refractivity contribution < 1.29 is 4.74 Å². The Balaban J connectivity index is 2.14. The van der Waals surface area contributed by atoms with Gasteiger partial charge in [0.1, 0.15) is 17.4 Å². The van der Waals surface area contributed by atoms with Crippen molar-refractivity contribution in [3.63, 3.8) is 0 Å². The van der Waals surface area contributed by atoms with Gasteiger partial charge in [0, 0.05) is 11.6 Å². The molecule has 0 fully saturated rings. The molecule has 1 aromatic heterocycles. The standard InChI is InChI=1S/C14H13Cl3N2O/c1-2-18-13-11(16)7-12(17)14(19-13)20-8-9-4-3-5-10(15)6-9/h3-7H,2,8H2,1H3,(H,18,19). The molecule has 0 saturated carbocycles. The molecule has 0 aliphatic heterocycles. The van der Waals surface area contributed by atoms with E-state index in [4.69, 9.17) is 39.5 Å². The largest absolute Gasteiger partial charge is 0.472 e. The summed E-state index contributed by atoms with van der Waals surface area (Å²) in [5.41, 5.74) is 0.940. The number of ether oxygens (including phenoxy) is 1. The van der Waals surface area contributed by atoms with Crippen LogP contribution in [0.1, 0.15) is 12.5 Å². The van der Waals surface area contributed by atoms with Crippen LogP contribution < -0.4 is 10.1 Å². The molecule has 0 saturated heterocycles. The Labute approximate surface area is 132 Å². The average Bonchev–Trinajstić information content (AvgIpc) is 2.41. The second-order valence-electron chi connectivity index (χ2n) is 4.05. The molecule has 0 amide bonds. The van der Waals surface area contributed by atoms with Crippen LogP contribution in [0.25, 0.3) is 0 Å². The van der Waals surface area contributed by atoms with Gasteiger partial charge in [-0.25, -0.2) is 0 Å². The van der Waals surface area contributed by atoms with E-state index in [9.17, 15) is 0 Å². The van der Waals surface area contributed by atoms with Crippen molar-refractivity contribution in [3.05, 3.63) is 51.0 Å². The van der Waals surface area contributed by atoms with Gasteiger partial charge in [-0.1, -0.05) is 46.9 Å². The van der Waals surface area contributed by atoms with Crippen LogP contribution in [0.3, 0.4) is 0 Å². The van der Waals surface area contributed by atoms with Crippen LogP contribution in [-0.2, 0) is 6.61 Å². The van der Waals surface area contributed by atoms with Crippen molar-refractivity contribution in [2.45, 2.75) is 13.5 Å². The van der Waals surface area contributed by atoms with Crippen LogP contribution in [0.15, 0.2) is 30.3 Å². The monoisotopic (exact) mass is 330 g/mol. The number of rotatable bonds is 5. The highest BCUT2D eigenvalue weighted by Gasteiger charge is 2.10. The topological polar surface area (TPSA) is 34.2 Å². The Morgan fingerprint density at radius 1 is 1.15 bits per heavy atom. The van der Waals surface area contributed by atoms with E-state index in [0.717, 1.165) is 5.56 Å². The first-order chi connectivity index (χ1) is 9.60. The van der Waals surface area contributed by atoms with Gasteiger partial charge in [0.2, 0.25) is 5.88 Å². The summed E-state index contributed by atoms with van der Waals surface area (Å²) in [5.74, 6) is 0.895. The van der Waals surface area contributed by atoms with Crippen LogP contribution in [0.4, 0.5) is 5.82 Å². The second kappa shape index (κ2) is 7.02. The fraction of sp³-hybridized carbons (Fsp3) is 0.214. The lowest BCUT2D eigenvalue weighted by molar-refractivity contribution is 0.294. The van der Waals surface area contributed by atoms with Gasteiger partial charge in [-0.15, -0.1) is 0 Å². The fourth-order valence-corrected chi connectivity index (χ4v) is 2.31. The molecule has 1 heterocycles. The minimum absolute atomic E-state index is 0.334. The summed E-state index contributed by atoms with van der Waals surface area (Å²) < 4.78 is 5.62. The molecule has 0 spiro atoms. The first-order valence-corrected chi connectivity index (χ1v) is 7.20. The van der Waals surface area contributed by atoms with E-state index in [0.29, 0.717) is 39.9 Å². The molecule has 0 radical (unpaired) electrons. The zero-order chi connectivity index (χ0) is 14.5. The first-order valence-electron chi connectivity index (χ1n) is 6.07. The van der Waals surface area contributed by atoms with E-state index in [1.165, 1.54) is 0 Å². The number of hydrogen-bond acceptors (Lipinski definition) is 3. The molecule has 106 valence electrons. The zero-order valence-electron chi connectivity index (χ0n) is 10.8. The molecule has 0 aliphatic carbocycles. The van der Waals surface area contributed by atoms with Crippen LogP contribution in [0.5, 0.6) is 5.88 Å². The molecule has 0 bridgehead atoms. The molecule has 0 unspecified atom stereocenters. The predicted octanol–water partition coefficient (Wildman–Crippen LogP) is 5.05. The molecule has 2 aromatic rings. The highest BCUT2D eigenvalue weighted by atomic mass is 35.5. The molecular formula is C14H13Cl3N2O. The van der Waals surface area contributed by atoms with Gasteiger partial charge in [-0.3, -0.25) is 0 Å². The lowest BCUT2D eigenvalue weighted by atomic mass is 10.2. The summed E-state index contributed by atoms with van der Waals surface area (Å²) in [6, 6.07) is 9.03. The van der Waals surface area contributed by atoms with E-state index in [-0.39, 0.29) is 0 Å². The van der Waals surface area contributed by atoms with Crippen LogP contribution in [0.2, 0.25) is 15.1 Å². The number of nitrogens with zero attached hydrogens (tertiary/aromatic N) is 1. The third kappa shape index (κ3) is 3.92. The molecule has 6 heteroatoms. The Kier molecular flexibility index (Phi) is 5.35. The van der Waals surface area contributed by atoms with Crippen molar-refractivity contribution in [3.8, 4) is 5.88 Å². The Morgan fingerprint density at radius 2 is 1.95 bits per heavy atom. The lowest BCUT2D eigenvalue weighted by Crippen LogP contribution is -2.03. The number of halogens is 3. The molecular weight excluding hydrogens is 319 g/mol. The minimum Gasteiger partial charge on any atom is -0.472 e. The van der Waals surface area contributed by atoms with E-state index in [1.807, 2.05) is 31.2 Å². The third-order valence-corrected chi connectivity index (χ3v) is 3.30. The van der Waals surface area contributed by atoms with Gasteiger partial charge in [0.25, 0.3) is 0 Å². The van der Waals surface area contributed by atoms with Crippen molar-refractivity contribution in [2.24, 2.45) is 0 Å². The molecule has 3 nitrogen and oxygen atoms in total. The Morgan fingerprint density at radius 3 is 2.65 bits per heavy atom. The first kappa shape index (κ1) is 15.2. The van der Waals surface area contributed by atoms with Crippen LogP contribution in [0, 0.1) is 0 Å². The van der Waals surface area contributed by atoms with Gasteiger partial charge in [-0.05, 0) is 30.7 Å². The maximum absolute atomic E-state index is 6.07. The van der Waals surface area contributed by atoms with Gasteiger partial charge in [-0.2, -0.15) is 4.98 Å². The van der Waals surface area contributed by atoms with Gasteiger partial charge in [0.15, 0.2) is 0 Å². The van der Waals surface area contributed by atoms with E-state index in [1.54, 1.807) is 6.07 Å². The SMILES string of the molecule is CCNc1nc(OCc2cccc(Cl)c2)c(Cl)cc1Cl. The second-order valence-corrected chi connectivity index (χ2v) is 5.31. The number of hydrogen-bond donors (Lipinski definition) is 1. The smallest absolute Gasteiger partial charge is 0.234 e. The zero-order valence-corrected chi connectivity index (χ0v) is 13.1. The number of aromatic nitrogens is 1. The highest BCUT2D eigenvalue weighted by molar-refractivity contribution is 6.36. The molecule has 20 heavy (non-hydrogen) atoms. The summed E-state index contributed by atoms with van der Waals surface area (Å²) in [7, 11) is 0. The fourth-order valence-electron chi connectivity index (χ4n) is 1.62. The maximum atomic E-state index is 6.07. The molecule has 2 rings (SSSR count). The summed E-state index contributed by atoms with van der Waals surface area (Å²) in [6.45, 7) is 3.00. The van der Waals surface area contributed by atoms with E-state index >= 15 is 0 Å². The minimum atomic E-state index is 0.334. The summed E-state index contributed by atoms with van der Waals surface area (Å²) >= 11 is 18.0. The van der Waals surface area contributed by atoms with Crippen molar-refractivity contribution in [1.29, 1.82) is 0 Å². The summed E-state index contributed by atoms with van der Waals surface area (Å²) in [6.07, 6.45) is 0. The van der Waals surface area contributed by atoms with Gasteiger partial charge >= 0.3 is 0 Å². The van der Waals surface area contributed by atoms with Crippen LogP contribution in [-0.4, -0.2) is 11.5 Å². The molecule has 0 aliphatic rings. The number of nitrogens with one attached hydrogen (secondary N) is 1. The quantitative estimate of drug-likeness (QED) is 0.832. The van der Waals surface area contributed by atoms with E-state index < -0.39 is 0 Å². The van der Waals surface area contributed by atoms with Crippen molar-refractivity contribution in [1.82, 2.24) is 4.98 Å². The Hall–Kier alpha value is -1.16. The summed E-state index contributed by atoms with van der Waals surface area (Å²) in [4.78, 5) is 4.27. The van der Waals surface area contributed by atoms with Crippen molar-refractivity contribution in [2.75, 3.05) is 11.9 Å². The number of pyridine rings is 1. The van der Waals surface area contributed by atoms with Crippen molar-refractivity contribution >= 4 is 40.6 Å². The molecule has 1 aromatic carbocycles.